The summed E-state index contributed by atoms with van der Waals surface area (Å²) in [7, 11) is 0. The van der Waals surface area contributed by atoms with Crippen LogP contribution in [0.3, 0.4) is 0 Å². The number of nitrogens with one attached hydrogen (secondary N) is 1. The van der Waals surface area contributed by atoms with E-state index in [2.05, 4.69) is 52.7 Å². The monoisotopic (exact) mass is 508 g/mol. The second kappa shape index (κ2) is 8.72. The Morgan fingerprint density at radius 2 is 1.66 bits per heavy atom. The standard InChI is InChI=1S/C31H32N4O3/c1-30(2,3)35(29(37)38)31(16-7-17-31)21-12-10-20(11-13-21)26-23(19-8-5-4-6-9-19)18-24-25(32-26)15-14-22-27(24)33-34-28(22)36/h4-6,8-13,18H,7,14-17H2,1-3H3,(H,37,38)(H2,33,34,36). The van der Waals surface area contributed by atoms with Gasteiger partial charge in [0, 0.05) is 27.8 Å². The Bertz CT molecular complexity index is 1510. The van der Waals surface area contributed by atoms with Crippen LogP contribution in [0.15, 0.2) is 60.7 Å². The van der Waals surface area contributed by atoms with E-state index < -0.39 is 17.2 Å². The number of carbonyl (C=O) groups is 1. The molecule has 2 aliphatic rings. The fraction of sp³-hybridized carbons (Fsp3) is 0.323. The van der Waals surface area contributed by atoms with Gasteiger partial charge in [0.05, 0.1) is 16.9 Å². The number of aromatic nitrogens is 3. The molecule has 7 heteroatoms. The molecule has 38 heavy (non-hydrogen) atoms. The maximum Gasteiger partial charge on any atom is 0.408 e. The van der Waals surface area contributed by atoms with E-state index in [1.807, 2.05) is 39.0 Å². The molecule has 0 spiro atoms. The number of amides is 1. The largest absolute Gasteiger partial charge is 0.493 e. The van der Waals surface area contributed by atoms with Gasteiger partial charge in [-0.1, -0.05) is 54.6 Å². The van der Waals surface area contributed by atoms with Gasteiger partial charge in [-0.25, -0.2) is 9.89 Å². The molecule has 7 nitrogen and oxygen atoms in total. The molecule has 0 aliphatic heterocycles. The van der Waals surface area contributed by atoms with Gasteiger partial charge in [-0.15, -0.1) is 0 Å². The molecule has 2 aliphatic carbocycles. The normalized spacial score (nSPS) is 15.8. The maximum atomic E-state index is 12.4. The maximum absolute atomic E-state index is 12.4. The van der Waals surface area contributed by atoms with Gasteiger partial charge in [0.25, 0.3) is 0 Å². The van der Waals surface area contributed by atoms with Crippen LogP contribution in [0, 0.1) is 0 Å². The zero-order valence-electron chi connectivity index (χ0n) is 22.0. The molecule has 0 radical (unpaired) electrons. The summed E-state index contributed by atoms with van der Waals surface area (Å²) in [5, 5.41) is 27.4. The van der Waals surface area contributed by atoms with Crippen molar-refractivity contribution in [2.24, 2.45) is 0 Å². The highest BCUT2D eigenvalue weighted by Crippen LogP contribution is 2.50. The van der Waals surface area contributed by atoms with Crippen LogP contribution in [0.4, 0.5) is 4.79 Å². The molecule has 3 N–H and O–H groups in total. The zero-order valence-corrected chi connectivity index (χ0v) is 22.0. The smallest absolute Gasteiger partial charge is 0.408 e. The predicted octanol–water partition coefficient (Wildman–Crippen LogP) is 6.77. The molecule has 0 atom stereocenters. The molecule has 0 saturated heterocycles. The number of H-pyrrole nitrogens is 1. The van der Waals surface area contributed by atoms with Crippen LogP contribution in [-0.4, -0.2) is 41.9 Å². The van der Waals surface area contributed by atoms with Crippen LogP contribution in [0.1, 0.15) is 56.9 Å². The van der Waals surface area contributed by atoms with E-state index in [0.29, 0.717) is 6.42 Å². The third-order valence-electron chi connectivity index (χ3n) is 8.07. The number of aryl methyl sites for hydroxylation is 1. The van der Waals surface area contributed by atoms with E-state index >= 15 is 0 Å². The van der Waals surface area contributed by atoms with E-state index in [9.17, 15) is 15.0 Å². The quantitative estimate of drug-likeness (QED) is 0.282. The summed E-state index contributed by atoms with van der Waals surface area (Å²) in [5.41, 5.74) is 7.43. The second-order valence-corrected chi connectivity index (χ2v) is 11.4. The summed E-state index contributed by atoms with van der Waals surface area (Å²) in [6, 6.07) is 20.6. The molecule has 194 valence electrons. The summed E-state index contributed by atoms with van der Waals surface area (Å²) >= 11 is 0. The topological polar surface area (TPSA) is 102 Å². The highest BCUT2D eigenvalue weighted by atomic mass is 16.4. The van der Waals surface area contributed by atoms with E-state index in [4.69, 9.17) is 4.98 Å². The van der Waals surface area contributed by atoms with Crippen LogP contribution in [0.25, 0.3) is 33.6 Å². The molecule has 6 rings (SSSR count). The van der Waals surface area contributed by atoms with E-state index in [1.54, 1.807) is 4.90 Å². The van der Waals surface area contributed by atoms with Crippen molar-refractivity contribution in [1.29, 1.82) is 0 Å². The van der Waals surface area contributed by atoms with Crippen molar-refractivity contribution in [2.75, 3.05) is 0 Å². The average Bonchev–Trinajstić information content (AvgIpc) is 3.26. The number of rotatable bonds is 4. The number of hydrogen-bond donors (Lipinski definition) is 3. The summed E-state index contributed by atoms with van der Waals surface area (Å²) in [5.74, 6) is 0.127. The van der Waals surface area contributed by atoms with Gasteiger partial charge in [-0.2, -0.15) is 5.10 Å². The van der Waals surface area contributed by atoms with Crippen molar-refractivity contribution >= 4 is 6.09 Å². The van der Waals surface area contributed by atoms with Crippen molar-refractivity contribution in [3.63, 3.8) is 0 Å². The third-order valence-corrected chi connectivity index (χ3v) is 8.07. The van der Waals surface area contributed by atoms with E-state index in [0.717, 1.165) is 76.1 Å². The minimum Gasteiger partial charge on any atom is -0.493 e. The Labute approximate surface area is 222 Å². The molecule has 4 aromatic rings. The fourth-order valence-electron chi connectivity index (χ4n) is 6.27. The van der Waals surface area contributed by atoms with Crippen LogP contribution in [-0.2, 0) is 18.4 Å². The third kappa shape index (κ3) is 3.76. The van der Waals surface area contributed by atoms with Gasteiger partial charge < -0.3 is 10.2 Å². The molecular weight excluding hydrogens is 476 g/mol. The van der Waals surface area contributed by atoms with Crippen LogP contribution < -0.4 is 0 Å². The summed E-state index contributed by atoms with van der Waals surface area (Å²) in [6.45, 7) is 5.88. The molecule has 0 bridgehead atoms. The summed E-state index contributed by atoms with van der Waals surface area (Å²) < 4.78 is 0. The molecule has 0 unspecified atom stereocenters. The zero-order chi connectivity index (χ0) is 26.7. The number of nitrogens with zero attached hydrogens (tertiary/aromatic N) is 3. The first-order chi connectivity index (χ1) is 18.2. The van der Waals surface area contributed by atoms with E-state index in [1.165, 1.54) is 0 Å². The lowest BCUT2D eigenvalue weighted by atomic mass is 9.69. The van der Waals surface area contributed by atoms with Gasteiger partial charge in [-0.3, -0.25) is 9.88 Å². The van der Waals surface area contributed by atoms with Crippen LogP contribution in [0.2, 0.25) is 0 Å². The number of benzene rings is 2. The van der Waals surface area contributed by atoms with Crippen molar-refractivity contribution in [2.45, 2.75) is 64.0 Å². The lowest BCUT2D eigenvalue weighted by Gasteiger charge is -2.54. The number of aromatic hydroxyl groups is 1. The van der Waals surface area contributed by atoms with Crippen molar-refractivity contribution in [3.05, 3.63) is 77.5 Å². The average molecular weight is 509 g/mol. The molecule has 2 heterocycles. The first-order valence-electron chi connectivity index (χ1n) is 13.2. The van der Waals surface area contributed by atoms with Crippen LogP contribution in [0.5, 0.6) is 5.88 Å². The highest BCUT2D eigenvalue weighted by molar-refractivity contribution is 5.86. The molecule has 2 aromatic carbocycles. The highest BCUT2D eigenvalue weighted by Gasteiger charge is 2.50. The molecule has 2 aromatic heterocycles. The van der Waals surface area contributed by atoms with Gasteiger partial charge in [0.2, 0.25) is 5.88 Å². The first-order valence-corrected chi connectivity index (χ1v) is 13.2. The van der Waals surface area contributed by atoms with Crippen molar-refractivity contribution in [1.82, 2.24) is 20.1 Å². The van der Waals surface area contributed by atoms with Gasteiger partial charge in [0.1, 0.15) is 5.69 Å². The number of pyridine rings is 1. The molecule has 1 fully saturated rings. The minimum atomic E-state index is -0.882. The lowest BCUT2D eigenvalue weighted by molar-refractivity contribution is -0.0328. The Hall–Kier alpha value is -4.13. The Kier molecular flexibility index (Phi) is 5.56. The Balaban J connectivity index is 1.46. The van der Waals surface area contributed by atoms with Gasteiger partial charge >= 0.3 is 6.09 Å². The van der Waals surface area contributed by atoms with Crippen molar-refractivity contribution < 1.29 is 15.0 Å². The number of hydrogen-bond acceptors (Lipinski definition) is 4. The molecule has 1 saturated carbocycles. The lowest BCUT2D eigenvalue weighted by Crippen LogP contribution is -2.60. The summed E-state index contributed by atoms with van der Waals surface area (Å²) in [6.07, 6.45) is 3.17. The predicted molar refractivity (Wildman–Crippen MR) is 147 cm³/mol. The summed E-state index contributed by atoms with van der Waals surface area (Å²) in [4.78, 5) is 19.2. The second-order valence-electron chi connectivity index (χ2n) is 11.4. The molecular formula is C31H32N4O3. The first kappa shape index (κ1) is 24.2. The Morgan fingerprint density at radius 1 is 0.947 bits per heavy atom. The van der Waals surface area contributed by atoms with Gasteiger partial charge in [0.15, 0.2) is 0 Å². The van der Waals surface area contributed by atoms with Crippen molar-refractivity contribution in [3.8, 4) is 39.5 Å². The SMILES string of the molecule is CC(C)(C)N(C(=O)O)C1(c2ccc(-c3nc4c(cc3-c3ccccc3)-c3n[nH]c(O)c3CC4)cc2)CCC1. The number of aromatic amines is 1. The number of carboxylic acid groups (broad SMARTS) is 1. The molecule has 1 amide bonds. The van der Waals surface area contributed by atoms with Gasteiger partial charge in [-0.05, 0) is 70.1 Å². The van der Waals surface area contributed by atoms with Crippen LogP contribution >= 0.6 is 0 Å². The minimum absolute atomic E-state index is 0.127. The fourth-order valence-corrected chi connectivity index (χ4v) is 6.27. The number of fused-ring (bicyclic) bond motifs is 3. The van der Waals surface area contributed by atoms with E-state index in [-0.39, 0.29) is 5.88 Å². The Morgan fingerprint density at radius 3 is 2.26 bits per heavy atom.